The Morgan fingerprint density at radius 2 is 1.94 bits per heavy atom. The smallest absolute Gasteiger partial charge is 0.220 e. The molecule has 0 radical (unpaired) electrons. The third kappa shape index (κ3) is 1.63. The van der Waals surface area contributed by atoms with Crippen molar-refractivity contribution in [3.63, 3.8) is 0 Å². The molecule has 3 rings (SSSR count). The lowest BCUT2D eigenvalue weighted by atomic mass is 10.2. The Morgan fingerprint density at radius 3 is 2.67 bits per heavy atom. The number of halogens is 1. The highest BCUT2D eigenvalue weighted by Gasteiger charge is 2.36. The number of aromatic nitrogens is 2. The van der Waals surface area contributed by atoms with Crippen LogP contribution in [-0.2, 0) is 15.8 Å². The lowest BCUT2D eigenvalue weighted by Gasteiger charge is -2.15. The Bertz CT molecular complexity index is 703. The molecule has 0 unspecified atom stereocenters. The first-order valence-electron chi connectivity index (χ1n) is 5.16. The lowest BCUT2D eigenvalue weighted by Crippen LogP contribution is -2.23. The fourth-order valence-electron chi connectivity index (χ4n) is 1.91. The fraction of sp³-hybridized carbons (Fsp3) is 0.0909. The zero-order chi connectivity index (χ0) is 12.8. The SMILES string of the molecule is O=S1(=O)Cc2cc(F)ccc2N1c1ncccn1. The number of fused-ring (bicyclic) bond motifs is 1. The van der Waals surface area contributed by atoms with Crippen molar-refractivity contribution in [2.75, 3.05) is 4.31 Å². The highest BCUT2D eigenvalue weighted by atomic mass is 32.2. The molecular formula is C11H8FN3O2S. The van der Waals surface area contributed by atoms with Crippen LogP contribution in [0.4, 0.5) is 16.0 Å². The van der Waals surface area contributed by atoms with Crippen molar-refractivity contribution in [2.24, 2.45) is 0 Å². The Kier molecular flexibility index (Phi) is 2.30. The zero-order valence-corrected chi connectivity index (χ0v) is 9.93. The second-order valence-corrected chi connectivity index (χ2v) is 5.66. The summed E-state index contributed by atoms with van der Waals surface area (Å²) in [6.07, 6.45) is 2.92. The van der Waals surface area contributed by atoms with Crippen LogP contribution in [0.3, 0.4) is 0 Å². The highest BCUT2D eigenvalue weighted by Crippen LogP contribution is 2.37. The molecule has 0 fully saturated rings. The molecule has 0 N–H and O–H groups in total. The third-order valence-corrected chi connectivity index (χ3v) is 4.20. The molecule has 1 aliphatic heterocycles. The maximum Gasteiger partial charge on any atom is 0.246 e. The fourth-order valence-corrected chi connectivity index (χ4v) is 3.48. The van der Waals surface area contributed by atoms with Gasteiger partial charge in [-0.15, -0.1) is 0 Å². The van der Waals surface area contributed by atoms with Gasteiger partial charge in [-0.05, 0) is 29.8 Å². The van der Waals surface area contributed by atoms with Gasteiger partial charge in [0, 0.05) is 12.4 Å². The van der Waals surface area contributed by atoms with E-state index in [1.54, 1.807) is 6.07 Å². The quantitative estimate of drug-likeness (QED) is 0.785. The molecule has 18 heavy (non-hydrogen) atoms. The van der Waals surface area contributed by atoms with Crippen molar-refractivity contribution in [2.45, 2.75) is 5.75 Å². The second-order valence-electron chi connectivity index (χ2n) is 3.84. The monoisotopic (exact) mass is 265 g/mol. The first-order chi connectivity index (χ1) is 8.58. The maximum absolute atomic E-state index is 13.1. The van der Waals surface area contributed by atoms with Crippen molar-refractivity contribution >= 4 is 21.7 Å². The number of nitrogens with zero attached hydrogens (tertiary/aromatic N) is 3. The summed E-state index contributed by atoms with van der Waals surface area (Å²) in [7, 11) is -3.57. The summed E-state index contributed by atoms with van der Waals surface area (Å²) in [5.41, 5.74) is 0.824. The van der Waals surface area contributed by atoms with Gasteiger partial charge < -0.3 is 0 Å². The van der Waals surface area contributed by atoms with Crippen LogP contribution in [0.2, 0.25) is 0 Å². The van der Waals surface area contributed by atoms with Gasteiger partial charge in [0.05, 0.1) is 11.4 Å². The third-order valence-electron chi connectivity index (χ3n) is 2.61. The summed E-state index contributed by atoms with van der Waals surface area (Å²) in [5, 5.41) is 0. The summed E-state index contributed by atoms with van der Waals surface area (Å²) >= 11 is 0. The summed E-state index contributed by atoms with van der Waals surface area (Å²) in [6, 6.07) is 5.45. The Balaban J connectivity index is 2.21. The van der Waals surface area contributed by atoms with Crippen molar-refractivity contribution < 1.29 is 12.8 Å². The molecule has 0 spiro atoms. The molecule has 0 saturated heterocycles. The van der Waals surface area contributed by atoms with Gasteiger partial charge in [0.25, 0.3) is 0 Å². The molecular weight excluding hydrogens is 257 g/mol. The molecule has 5 nitrogen and oxygen atoms in total. The average molecular weight is 265 g/mol. The number of benzene rings is 1. The van der Waals surface area contributed by atoms with Crippen molar-refractivity contribution in [3.8, 4) is 0 Å². The topological polar surface area (TPSA) is 63.2 Å². The summed E-state index contributed by atoms with van der Waals surface area (Å²) in [5.74, 6) is -0.624. The van der Waals surface area contributed by atoms with Crippen LogP contribution in [0.25, 0.3) is 0 Å². The Labute approximate surface area is 103 Å². The number of rotatable bonds is 1. The van der Waals surface area contributed by atoms with Gasteiger partial charge in [-0.3, -0.25) is 0 Å². The number of sulfonamides is 1. The van der Waals surface area contributed by atoms with Gasteiger partial charge >= 0.3 is 0 Å². The molecule has 1 aromatic carbocycles. The first-order valence-corrected chi connectivity index (χ1v) is 6.77. The number of hydrogen-bond acceptors (Lipinski definition) is 4. The molecule has 0 bridgehead atoms. The molecule has 1 aliphatic rings. The van der Waals surface area contributed by atoms with E-state index < -0.39 is 15.8 Å². The maximum atomic E-state index is 13.1. The Hall–Kier alpha value is -2.02. The van der Waals surface area contributed by atoms with Crippen LogP contribution in [0, 0.1) is 5.82 Å². The predicted octanol–water partition coefficient (Wildman–Crippen LogP) is 1.60. The minimum atomic E-state index is -3.57. The van der Waals surface area contributed by atoms with Crippen LogP contribution in [0.5, 0.6) is 0 Å². The van der Waals surface area contributed by atoms with Crippen LogP contribution >= 0.6 is 0 Å². The Morgan fingerprint density at radius 1 is 1.22 bits per heavy atom. The molecule has 7 heteroatoms. The van der Waals surface area contributed by atoms with Crippen LogP contribution in [0.15, 0.2) is 36.7 Å². The van der Waals surface area contributed by atoms with Gasteiger partial charge in [-0.2, -0.15) is 0 Å². The van der Waals surface area contributed by atoms with Gasteiger partial charge in [-0.1, -0.05) is 0 Å². The molecule has 92 valence electrons. The molecule has 0 amide bonds. The van der Waals surface area contributed by atoms with E-state index >= 15 is 0 Å². The normalized spacial score (nSPS) is 16.6. The number of anilines is 2. The van der Waals surface area contributed by atoms with Gasteiger partial charge in [0.2, 0.25) is 16.0 Å². The van der Waals surface area contributed by atoms with Crippen LogP contribution < -0.4 is 4.31 Å². The van der Waals surface area contributed by atoms with Crippen molar-refractivity contribution in [1.82, 2.24) is 9.97 Å². The second kappa shape index (κ2) is 3.74. The summed E-state index contributed by atoms with van der Waals surface area (Å²) in [4.78, 5) is 7.84. The van der Waals surface area contributed by atoms with E-state index in [0.29, 0.717) is 11.3 Å². The predicted molar refractivity (Wildman–Crippen MR) is 63.2 cm³/mol. The van der Waals surface area contributed by atoms with Gasteiger partial charge in [0.1, 0.15) is 5.82 Å². The minimum absolute atomic E-state index is 0.0721. The van der Waals surface area contributed by atoms with E-state index in [-0.39, 0.29) is 11.7 Å². The summed E-state index contributed by atoms with van der Waals surface area (Å²) in [6.45, 7) is 0. The van der Waals surface area contributed by atoms with Gasteiger partial charge in [0.15, 0.2) is 0 Å². The molecule has 0 atom stereocenters. The lowest BCUT2D eigenvalue weighted by molar-refractivity contribution is 0.597. The van der Waals surface area contributed by atoms with Crippen molar-refractivity contribution in [3.05, 3.63) is 48.0 Å². The average Bonchev–Trinajstić information content (AvgIpc) is 2.59. The largest absolute Gasteiger partial charge is 0.246 e. The standard InChI is InChI=1S/C11H8FN3O2S/c12-9-2-3-10-8(6-9)7-18(16,17)15(10)11-13-4-1-5-14-11/h1-6H,7H2. The highest BCUT2D eigenvalue weighted by molar-refractivity contribution is 7.92. The molecule has 0 saturated carbocycles. The minimum Gasteiger partial charge on any atom is -0.220 e. The van der Waals surface area contributed by atoms with Crippen LogP contribution in [0.1, 0.15) is 5.56 Å². The molecule has 1 aromatic heterocycles. The van der Waals surface area contributed by atoms with E-state index in [9.17, 15) is 12.8 Å². The van der Waals surface area contributed by atoms with Crippen LogP contribution in [-0.4, -0.2) is 18.4 Å². The van der Waals surface area contributed by atoms with E-state index in [2.05, 4.69) is 9.97 Å². The van der Waals surface area contributed by atoms with Gasteiger partial charge in [-0.25, -0.2) is 27.1 Å². The van der Waals surface area contributed by atoms with E-state index in [4.69, 9.17) is 0 Å². The summed E-state index contributed by atoms with van der Waals surface area (Å²) < 4.78 is 38.3. The molecule has 2 aromatic rings. The van der Waals surface area contributed by atoms with E-state index in [0.717, 1.165) is 4.31 Å². The van der Waals surface area contributed by atoms with Crippen molar-refractivity contribution in [1.29, 1.82) is 0 Å². The number of hydrogen-bond donors (Lipinski definition) is 0. The zero-order valence-electron chi connectivity index (χ0n) is 9.12. The molecule has 0 aliphatic carbocycles. The first kappa shape index (κ1) is 11.1. The van der Waals surface area contributed by atoms with E-state index in [1.807, 2.05) is 0 Å². The van der Waals surface area contributed by atoms with E-state index in [1.165, 1.54) is 30.6 Å². The molecule has 2 heterocycles.